The van der Waals surface area contributed by atoms with Gasteiger partial charge in [-0.3, -0.25) is 5.10 Å². The number of nitrogens with zero attached hydrogens (tertiary/aromatic N) is 1. The quantitative estimate of drug-likeness (QED) is 0.266. The molecule has 1 aromatic heterocycles. The second-order valence-corrected chi connectivity index (χ2v) is 7.50. The maximum atomic E-state index is 10.8. The van der Waals surface area contributed by atoms with E-state index in [1.54, 1.807) is 12.3 Å². The lowest BCUT2D eigenvalue weighted by atomic mass is 9.87. The fourth-order valence-corrected chi connectivity index (χ4v) is 4.07. The Morgan fingerprint density at radius 3 is 2.45 bits per heavy atom. The lowest BCUT2D eigenvalue weighted by molar-refractivity contribution is -0.131. The molecule has 0 saturated carbocycles. The zero-order valence-corrected chi connectivity index (χ0v) is 17.7. The van der Waals surface area contributed by atoms with Gasteiger partial charge in [-0.05, 0) is 46.4 Å². The Labute approximate surface area is 185 Å². The molecule has 4 nitrogen and oxygen atoms in total. The van der Waals surface area contributed by atoms with Crippen LogP contribution in [0.4, 0.5) is 0 Å². The van der Waals surface area contributed by atoms with Gasteiger partial charge in [0.1, 0.15) is 0 Å². The number of aromatic nitrogens is 2. The third kappa shape index (κ3) is 4.30. The van der Waals surface area contributed by atoms with E-state index in [-0.39, 0.29) is 0 Å². The van der Waals surface area contributed by atoms with Gasteiger partial charge in [-0.1, -0.05) is 79.2 Å². The highest BCUT2D eigenvalue weighted by atomic mass is 35.5. The SMILES string of the molecule is CC/C(=C(/c1ccc(/C=C/C(=O)O)cc1)c1ccc2[nH]ncc2c1Cl)c1ccccc1. The third-order valence-corrected chi connectivity index (χ3v) is 5.63. The average Bonchev–Trinajstić information content (AvgIpc) is 3.28. The Morgan fingerprint density at radius 2 is 1.77 bits per heavy atom. The first kappa shape index (κ1) is 20.6. The highest BCUT2D eigenvalue weighted by Crippen LogP contribution is 2.39. The Balaban J connectivity index is 1.94. The summed E-state index contributed by atoms with van der Waals surface area (Å²) in [5, 5.41) is 17.5. The molecule has 0 fully saturated rings. The molecular formula is C26H21ClN2O2. The molecule has 0 aliphatic carbocycles. The van der Waals surface area contributed by atoms with Crippen LogP contribution in [0, 0.1) is 0 Å². The van der Waals surface area contributed by atoms with Crippen molar-refractivity contribution >= 4 is 45.7 Å². The van der Waals surface area contributed by atoms with E-state index in [0.717, 1.165) is 51.2 Å². The Hall–Kier alpha value is -3.63. The van der Waals surface area contributed by atoms with Crippen molar-refractivity contribution in [2.24, 2.45) is 0 Å². The number of carboxylic acid groups (broad SMARTS) is 1. The molecule has 4 aromatic rings. The number of hydrogen-bond donors (Lipinski definition) is 2. The molecule has 3 aromatic carbocycles. The van der Waals surface area contributed by atoms with Crippen LogP contribution in [0.1, 0.15) is 35.6 Å². The third-order valence-electron chi connectivity index (χ3n) is 5.22. The summed E-state index contributed by atoms with van der Waals surface area (Å²) in [6, 6.07) is 22.1. The second-order valence-electron chi connectivity index (χ2n) is 7.13. The Morgan fingerprint density at radius 1 is 1.03 bits per heavy atom. The largest absolute Gasteiger partial charge is 0.478 e. The van der Waals surface area contributed by atoms with Gasteiger partial charge < -0.3 is 5.11 Å². The maximum Gasteiger partial charge on any atom is 0.328 e. The minimum atomic E-state index is -0.970. The molecule has 0 aliphatic rings. The first-order chi connectivity index (χ1) is 15.1. The first-order valence-electron chi connectivity index (χ1n) is 10.0. The lowest BCUT2D eigenvalue weighted by Gasteiger charge is -2.18. The first-order valence-corrected chi connectivity index (χ1v) is 10.4. The maximum absolute atomic E-state index is 10.8. The van der Waals surface area contributed by atoms with Gasteiger partial charge in [0.2, 0.25) is 0 Å². The van der Waals surface area contributed by atoms with E-state index >= 15 is 0 Å². The zero-order valence-electron chi connectivity index (χ0n) is 17.0. The van der Waals surface area contributed by atoms with E-state index in [4.69, 9.17) is 16.7 Å². The van der Waals surface area contributed by atoms with Crippen molar-refractivity contribution in [3.05, 3.63) is 106 Å². The summed E-state index contributed by atoms with van der Waals surface area (Å²) >= 11 is 6.86. The standard InChI is InChI=1S/C26H21ClN2O2/c1-2-20(18-6-4-3-5-7-18)25(19-11-8-17(9-12-19)10-15-24(30)31)21-13-14-23-22(26(21)27)16-28-29-23/h3-16H,2H2,1H3,(H,28,29)(H,30,31)/b15-10+,25-20+. The molecule has 5 heteroatoms. The van der Waals surface area contributed by atoms with E-state index in [1.807, 2.05) is 54.6 Å². The van der Waals surface area contributed by atoms with E-state index in [2.05, 4.69) is 29.3 Å². The summed E-state index contributed by atoms with van der Waals surface area (Å²) in [6.45, 7) is 2.14. The number of hydrogen-bond acceptors (Lipinski definition) is 2. The number of nitrogens with one attached hydrogen (secondary N) is 1. The van der Waals surface area contributed by atoms with E-state index in [9.17, 15) is 4.79 Å². The van der Waals surface area contributed by atoms with Crippen LogP contribution < -0.4 is 0 Å². The van der Waals surface area contributed by atoms with Crippen LogP contribution in [-0.4, -0.2) is 21.3 Å². The summed E-state index contributed by atoms with van der Waals surface area (Å²) in [6.07, 6.45) is 5.28. The predicted molar refractivity (Wildman–Crippen MR) is 127 cm³/mol. The molecule has 0 unspecified atom stereocenters. The molecule has 0 radical (unpaired) electrons. The number of fused-ring (bicyclic) bond motifs is 1. The molecular weight excluding hydrogens is 408 g/mol. The number of halogens is 1. The molecule has 0 bridgehead atoms. The number of allylic oxidation sites excluding steroid dienone is 1. The number of aliphatic carboxylic acids is 1. The van der Waals surface area contributed by atoms with Crippen molar-refractivity contribution in [3.63, 3.8) is 0 Å². The number of benzene rings is 3. The fraction of sp³-hybridized carbons (Fsp3) is 0.0769. The molecule has 1 heterocycles. The normalized spacial score (nSPS) is 12.3. The minimum Gasteiger partial charge on any atom is -0.478 e. The van der Waals surface area contributed by atoms with Crippen LogP contribution in [0.5, 0.6) is 0 Å². The van der Waals surface area contributed by atoms with Gasteiger partial charge in [-0.15, -0.1) is 0 Å². The topological polar surface area (TPSA) is 66.0 Å². The summed E-state index contributed by atoms with van der Waals surface area (Å²) < 4.78 is 0. The number of aromatic amines is 1. The smallest absolute Gasteiger partial charge is 0.328 e. The summed E-state index contributed by atoms with van der Waals surface area (Å²) in [7, 11) is 0. The van der Waals surface area contributed by atoms with Crippen molar-refractivity contribution in [1.82, 2.24) is 10.2 Å². The number of H-pyrrole nitrogens is 1. The van der Waals surface area contributed by atoms with Gasteiger partial charge in [0.25, 0.3) is 0 Å². The number of carbonyl (C=O) groups is 1. The van der Waals surface area contributed by atoms with Crippen molar-refractivity contribution in [1.29, 1.82) is 0 Å². The Bertz CT molecular complexity index is 1290. The van der Waals surface area contributed by atoms with Crippen LogP contribution in [0.15, 0.2) is 79.0 Å². The lowest BCUT2D eigenvalue weighted by Crippen LogP contribution is -1.96. The minimum absolute atomic E-state index is 0.651. The van der Waals surface area contributed by atoms with Crippen LogP contribution in [0.2, 0.25) is 5.02 Å². The molecule has 0 spiro atoms. The van der Waals surface area contributed by atoms with Gasteiger partial charge in [-0.25, -0.2) is 4.79 Å². The van der Waals surface area contributed by atoms with Crippen molar-refractivity contribution < 1.29 is 9.90 Å². The van der Waals surface area contributed by atoms with Crippen molar-refractivity contribution in [2.75, 3.05) is 0 Å². The van der Waals surface area contributed by atoms with E-state index in [0.29, 0.717) is 5.02 Å². The summed E-state index contributed by atoms with van der Waals surface area (Å²) in [5.74, 6) is -0.970. The average molecular weight is 429 g/mol. The Kier molecular flexibility index (Phi) is 6.01. The fourth-order valence-electron chi connectivity index (χ4n) is 3.76. The monoisotopic (exact) mass is 428 g/mol. The van der Waals surface area contributed by atoms with Crippen molar-refractivity contribution in [3.8, 4) is 0 Å². The van der Waals surface area contributed by atoms with Crippen molar-refractivity contribution in [2.45, 2.75) is 13.3 Å². The zero-order chi connectivity index (χ0) is 21.8. The molecule has 4 rings (SSSR count). The van der Waals surface area contributed by atoms with Crippen LogP contribution in [-0.2, 0) is 4.79 Å². The summed E-state index contributed by atoms with van der Waals surface area (Å²) in [5.41, 5.74) is 7.02. The van der Waals surface area contributed by atoms with E-state index < -0.39 is 5.97 Å². The van der Waals surface area contributed by atoms with Gasteiger partial charge >= 0.3 is 5.97 Å². The molecule has 0 amide bonds. The van der Waals surface area contributed by atoms with Crippen LogP contribution in [0.3, 0.4) is 0 Å². The molecule has 154 valence electrons. The van der Waals surface area contributed by atoms with Gasteiger partial charge in [-0.2, -0.15) is 5.10 Å². The van der Waals surface area contributed by atoms with Crippen LogP contribution in [0.25, 0.3) is 28.1 Å². The molecule has 31 heavy (non-hydrogen) atoms. The highest BCUT2D eigenvalue weighted by molar-refractivity contribution is 6.37. The van der Waals surface area contributed by atoms with Gasteiger partial charge in [0, 0.05) is 17.0 Å². The molecule has 0 atom stereocenters. The number of rotatable bonds is 6. The molecule has 0 saturated heterocycles. The van der Waals surface area contributed by atoms with Gasteiger partial charge in [0.05, 0.1) is 16.7 Å². The molecule has 0 aliphatic heterocycles. The van der Waals surface area contributed by atoms with Gasteiger partial charge in [0.15, 0.2) is 0 Å². The second kappa shape index (κ2) is 9.02. The summed E-state index contributed by atoms with van der Waals surface area (Å²) in [4.78, 5) is 10.8. The molecule has 2 N–H and O–H groups in total. The van der Waals surface area contributed by atoms with E-state index in [1.165, 1.54) is 5.57 Å². The highest BCUT2D eigenvalue weighted by Gasteiger charge is 2.17. The van der Waals surface area contributed by atoms with Crippen LogP contribution >= 0.6 is 11.6 Å². The predicted octanol–water partition coefficient (Wildman–Crippen LogP) is 6.68. The number of carboxylic acids is 1.